The number of ether oxygens (including phenoxy) is 1. The van der Waals surface area contributed by atoms with Crippen molar-refractivity contribution < 1.29 is 19.2 Å². The summed E-state index contributed by atoms with van der Waals surface area (Å²) in [5.41, 5.74) is 0.624. The molecule has 0 aromatic heterocycles. The number of halogens is 1. The Bertz CT molecular complexity index is 841. The minimum absolute atomic E-state index is 0.0524. The van der Waals surface area contributed by atoms with E-state index in [-0.39, 0.29) is 16.5 Å². The van der Waals surface area contributed by atoms with Crippen molar-refractivity contribution in [1.82, 2.24) is 5.32 Å². The number of nitrogens with zero attached hydrogens (tertiary/aromatic N) is 1. The number of nitrogens with one attached hydrogen (secondary N) is 1. The molecule has 1 amide bonds. The largest absolute Gasteiger partial charge is 0.449 e. The second-order valence-corrected chi connectivity index (χ2v) is 6.43. The normalized spacial score (nSPS) is 12.7. The van der Waals surface area contributed by atoms with Crippen molar-refractivity contribution >= 4 is 29.2 Å². The lowest BCUT2D eigenvalue weighted by Gasteiger charge is -2.16. The summed E-state index contributed by atoms with van der Waals surface area (Å²) >= 11 is 5.72. The van der Waals surface area contributed by atoms with E-state index in [2.05, 4.69) is 5.32 Å². The topological polar surface area (TPSA) is 98.5 Å². The highest BCUT2D eigenvalue weighted by molar-refractivity contribution is 6.32. The van der Waals surface area contributed by atoms with E-state index >= 15 is 0 Å². The molecule has 0 saturated heterocycles. The molecule has 0 unspecified atom stereocenters. The first kappa shape index (κ1) is 20.4. The molecule has 8 heteroatoms. The number of amides is 1. The number of hydrogen-bond donors (Lipinski definition) is 1. The summed E-state index contributed by atoms with van der Waals surface area (Å²) in [6.45, 7) is 3.79. The molecule has 0 aliphatic rings. The van der Waals surface area contributed by atoms with Crippen LogP contribution in [0.25, 0.3) is 0 Å². The number of nitro groups is 1. The molecule has 0 heterocycles. The van der Waals surface area contributed by atoms with Crippen molar-refractivity contribution in [3.8, 4) is 0 Å². The third-order valence-corrected chi connectivity index (χ3v) is 4.30. The van der Waals surface area contributed by atoms with Crippen LogP contribution in [0.15, 0.2) is 48.5 Å². The van der Waals surface area contributed by atoms with Crippen LogP contribution in [0.5, 0.6) is 0 Å². The number of nitro benzene ring substituents is 1. The summed E-state index contributed by atoms with van der Waals surface area (Å²) in [5, 5.41) is 13.5. The molecule has 0 radical (unpaired) electrons. The van der Waals surface area contributed by atoms with Gasteiger partial charge in [0.1, 0.15) is 5.02 Å². The molecular weight excluding hydrogens is 372 g/mol. The molecule has 2 aromatic rings. The van der Waals surface area contributed by atoms with Gasteiger partial charge in [0.25, 0.3) is 11.6 Å². The van der Waals surface area contributed by atoms with Crippen LogP contribution in [0, 0.1) is 10.1 Å². The Morgan fingerprint density at radius 1 is 1.19 bits per heavy atom. The van der Waals surface area contributed by atoms with Crippen molar-refractivity contribution in [3.05, 3.63) is 74.8 Å². The van der Waals surface area contributed by atoms with E-state index in [9.17, 15) is 19.7 Å². The predicted octanol–water partition coefficient (Wildman–Crippen LogP) is 3.71. The Balaban J connectivity index is 1.93. The number of benzene rings is 2. The van der Waals surface area contributed by atoms with Crippen molar-refractivity contribution in [2.24, 2.45) is 0 Å². The molecule has 2 aromatic carbocycles. The van der Waals surface area contributed by atoms with E-state index in [1.54, 1.807) is 0 Å². The Hall–Kier alpha value is -2.93. The van der Waals surface area contributed by atoms with Crippen molar-refractivity contribution in [3.63, 3.8) is 0 Å². The van der Waals surface area contributed by atoms with E-state index in [1.807, 2.05) is 37.3 Å². The van der Waals surface area contributed by atoms with Crippen LogP contribution in [0.1, 0.15) is 35.7 Å². The summed E-state index contributed by atoms with van der Waals surface area (Å²) in [5.74, 6) is -1.19. The first-order valence-electron chi connectivity index (χ1n) is 8.27. The third-order valence-electron chi connectivity index (χ3n) is 3.98. The molecule has 0 bridgehead atoms. The Labute approximate surface area is 161 Å². The standard InChI is InChI=1S/C19H19ClN2O5/c1-12(14-6-4-3-5-7-14)11-21-18(23)13(2)27-19(24)15-8-9-16(20)17(10-15)22(25)26/h3-10,12-13H,11H2,1-2H3,(H,21,23)/t12-,13-/m0/s1. The molecule has 0 fully saturated rings. The molecule has 1 N–H and O–H groups in total. The van der Waals surface area contributed by atoms with Crippen molar-refractivity contribution in [1.29, 1.82) is 0 Å². The second-order valence-electron chi connectivity index (χ2n) is 6.03. The fourth-order valence-electron chi connectivity index (χ4n) is 2.36. The number of carbonyl (C=O) groups excluding carboxylic acids is 2. The quantitative estimate of drug-likeness (QED) is 0.441. The smallest absolute Gasteiger partial charge is 0.339 e. The van der Waals surface area contributed by atoms with Crippen LogP contribution in [-0.4, -0.2) is 29.4 Å². The van der Waals surface area contributed by atoms with E-state index in [0.29, 0.717) is 6.54 Å². The number of hydrogen-bond acceptors (Lipinski definition) is 5. The maximum absolute atomic E-state index is 12.2. The monoisotopic (exact) mass is 390 g/mol. The Morgan fingerprint density at radius 3 is 2.48 bits per heavy atom. The Morgan fingerprint density at radius 2 is 1.85 bits per heavy atom. The molecule has 2 atom stereocenters. The third kappa shape index (κ3) is 5.52. The van der Waals surface area contributed by atoms with Gasteiger partial charge in [-0.1, -0.05) is 48.9 Å². The van der Waals surface area contributed by atoms with Crippen molar-refractivity contribution in [2.45, 2.75) is 25.9 Å². The maximum Gasteiger partial charge on any atom is 0.339 e. The van der Waals surface area contributed by atoms with Gasteiger partial charge < -0.3 is 10.1 Å². The van der Waals surface area contributed by atoms with Crippen LogP contribution in [-0.2, 0) is 9.53 Å². The maximum atomic E-state index is 12.2. The molecule has 0 saturated carbocycles. The van der Waals surface area contributed by atoms with E-state index in [0.717, 1.165) is 11.6 Å². The number of rotatable bonds is 7. The van der Waals surface area contributed by atoms with Gasteiger partial charge in [-0.25, -0.2) is 4.79 Å². The van der Waals surface area contributed by atoms with E-state index in [4.69, 9.17) is 16.3 Å². The molecule has 7 nitrogen and oxygen atoms in total. The van der Waals surface area contributed by atoms with Gasteiger partial charge in [-0.15, -0.1) is 0 Å². The fourth-order valence-corrected chi connectivity index (χ4v) is 2.55. The summed E-state index contributed by atoms with van der Waals surface area (Å²) < 4.78 is 5.09. The number of esters is 1. The van der Waals surface area contributed by atoms with Crippen LogP contribution in [0.4, 0.5) is 5.69 Å². The lowest BCUT2D eigenvalue weighted by atomic mass is 10.0. The SMILES string of the molecule is C[C@H](OC(=O)c1ccc(Cl)c([N+](=O)[O-])c1)C(=O)NC[C@H](C)c1ccccc1. The fraction of sp³-hybridized carbons (Fsp3) is 0.263. The lowest BCUT2D eigenvalue weighted by molar-refractivity contribution is -0.384. The molecule has 0 spiro atoms. The van der Waals surface area contributed by atoms with Gasteiger partial charge in [-0.2, -0.15) is 0 Å². The summed E-state index contributed by atoms with van der Waals surface area (Å²) in [6.07, 6.45) is -1.05. The van der Waals surface area contributed by atoms with Crippen molar-refractivity contribution in [2.75, 3.05) is 6.54 Å². The number of carbonyl (C=O) groups is 2. The minimum atomic E-state index is -1.05. The first-order valence-corrected chi connectivity index (χ1v) is 8.65. The van der Waals surface area contributed by atoms with Gasteiger partial charge >= 0.3 is 5.97 Å². The molecule has 27 heavy (non-hydrogen) atoms. The van der Waals surface area contributed by atoms with Gasteiger partial charge in [0.2, 0.25) is 0 Å². The van der Waals surface area contributed by atoms with Crippen LogP contribution in [0.2, 0.25) is 5.02 Å². The molecule has 0 aliphatic carbocycles. The molecule has 2 rings (SSSR count). The first-order chi connectivity index (χ1) is 12.8. The lowest BCUT2D eigenvalue weighted by Crippen LogP contribution is -2.37. The minimum Gasteiger partial charge on any atom is -0.449 e. The van der Waals surface area contributed by atoms with E-state index in [1.165, 1.54) is 19.1 Å². The highest BCUT2D eigenvalue weighted by atomic mass is 35.5. The van der Waals surface area contributed by atoms with Crippen LogP contribution < -0.4 is 5.32 Å². The van der Waals surface area contributed by atoms with Gasteiger partial charge in [0.05, 0.1) is 10.5 Å². The highest BCUT2D eigenvalue weighted by Gasteiger charge is 2.22. The van der Waals surface area contributed by atoms with Gasteiger partial charge in [-0.3, -0.25) is 14.9 Å². The van der Waals surface area contributed by atoms with Gasteiger partial charge in [-0.05, 0) is 30.5 Å². The highest BCUT2D eigenvalue weighted by Crippen LogP contribution is 2.25. The van der Waals surface area contributed by atoms with Gasteiger partial charge in [0.15, 0.2) is 6.10 Å². The van der Waals surface area contributed by atoms with Gasteiger partial charge in [0, 0.05) is 12.6 Å². The zero-order valence-corrected chi connectivity index (χ0v) is 15.6. The molecule has 142 valence electrons. The summed E-state index contributed by atoms with van der Waals surface area (Å²) in [7, 11) is 0. The van der Waals surface area contributed by atoms with Crippen LogP contribution >= 0.6 is 11.6 Å². The zero-order chi connectivity index (χ0) is 20.0. The average molecular weight is 391 g/mol. The average Bonchev–Trinajstić information content (AvgIpc) is 2.66. The second kappa shape index (κ2) is 9.14. The summed E-state index contributed by atoms with van der Waals surface area (Å²) in [4.78, 5) is 34.5. The van der Waals surface area contributed by atoms with Crippen LogP contribution in [0.3, 0.4) is 0 Å². The summed E-state index contributed by atoms with van der Waals surface area (Å²) in [6, 6.07) is 13.3. The molecular formula is C19H19ClN2O5. The predicted molar refractivity (Wildman–Crippen MR) is 101 cm³/mol. The molecule has 0 aliphatic heterocycles. The Kier molecular flexibility index (Phi) is 6.90. The van der Waals surface area contributed by atoms with E-state index < -0.39 is 28.6 Å². The zero-order valence-electron chi connectivity index (χ0n) is 14.8.